The first-order valence-electron chi connectivity index (χ1n) is 9.71. The van der Waals surface area contributed by atoms with Crippen LogP contribution in [0.15, 0.2) is 18.2 Å². The molecule has 0 aromatic heterocycles. The van der Waals surface area contributed by atoms with Gasteiger partial charge in [-0.2, -0.15) is 13.2 Å². The molecule has 0 amide bonds. The fraction of sp³-hybridized carbons (Fsp3) is 0.667. The van der Waals surface area contributed by atoms with Gasteiger partial charge in [0.1, 0.15) is 0 Å². The summed E-state index contributed by atoms with van der Waals surface area (Å²) in [4.78, 5) is 13.1. The molecule has 6 heteroatoms. The van der Waals surface area contributed by atoms with Crippen LogP contribution in [0.2, 0.25) is 5.04 Å². The van der Waals surface area contributed by atoms with E-state index in [4.69, 9.17) is 4.43 Å². The van der Waals surface area contributed by atoms with E-state index in [2.05, 4.69) is 20.8 Å². The molecule has 0 atom stereocenters. The van der Waals surface area contributed by atoms with Crippen LogP contribution in [0.1, 0.15) is 88.2 Å². The van der Waals surface area contributed by atoms with Crippen molar-refractivity contribution < 1.29 is 22.4 Å². The first-order chi connectivity index (χ1) is 12.3. The number of benzene rings is 1. The van der Waals surface area contributed by atoms with Gasteiger partial charge in [-0.25, -0.2) is 0 Å². The molecule has 0 spiro atoms. The largest absolute Gasteiger partial charge is 0.416 e. The molecule has 1 aromatic rings. The topological polar surface area (TPSA) is 26.3 Å². The Morgan fingerprint density at radius 2 is 1.63 bits per heavy atom. The lowest BCUT2D eigenvalue weighted by molar-refractivity contribution is -0.137. The second-order valence-corrected chi connectivity index (χ2v) is 12.0. The fourth-order valence-corrected chi connectivity index (χ4v) is 4.44. The third-order valence-corrected chi connectivity index (χ3v) is 6.84. The van der Waals surface area contributed by atoms with Gasteiger partial charge < -0.3 is 4.43 Å². The minimum absolute atomic E-state index is 0.00640. The number of carbonyl (C=O) groups excluding carboxylic acids is 1. The van der Waals surface area contributed by atoms with E-state index < -0.39 is 27.1 Å². The van der Waals surface area contributed by atoms with Crippen molar-refractivity contribution >= 4 is 15.5 Å². The minimum atomic E-state index is -4.45. The molecule has 0 heterocycles. The van der Waals surface area contributed by atoms with Crippen LogP contribution in [0.25, 0.3) is 0 Å². The van der Waals surface area contributed by atoms with Crippen LogP contribution >= 0.6 is 0 Å². The van der Waals surface area contributed by atoms with Crippen molar-refractivity contribution in [2.24, 2.45) is 5.92 Å². The number of alkyl halides is 3. The van der Waals surface area contributed by atoms with Gasteiger partial charge in [-0.05, 0) is 49.4 Å². The first-order valence-corrected chi connectivity index (χ1v) is 11.0. The molecule has 2 nitrogen and oxygen atoms in total. The van der Waals surface area contributed by atoms with Crippen LogP contribution in [-0.4, -0.2) is 15.5 Å². The molecular formula is C21H31F3O2Si. The predicted molar refractivity (Wildman–Crippen MR) is 105 cm³/mol. The zero-order chi connectivity index (χ0) is 20.5. The SMILES string of the molecule is CC(C)(C)[SiH2]OC(C)(C)c1cc(C(F)(F)F)ccc1C(=O)C1CCCCC1. The van der Waals surface area contributed by atoms with Gasteiger partial charge in [-0.1, -0.05) is 46.1 Å². The van der Waals surface area contributed by atoms with E-state index in [1.165, 1.54) is 6.07 Å². The number of Topliss-reactive ketones (excluding diaryl/α,β-unsaturated/α-hetero) is 1. The molecular weight excluding hydrogens is 369 g/mol. The molecule has 1 aliphatic carbocycles. The number of carbonyl (C=O) groups is 1. The van der Waals surface area contributed by atoms with Crippen LogP contribution in [0.3, 0.4) is 0 Å². The average molecular weight is 401 g/mol. The van der Waals surface area contributed by atoms with Gasteiger partial charge in [0.05, 0.1) is 11.2 Å². The van der Waals surface area contributed by atoms with Gasteiger partial charge in [0.2, 0.25) is 0 Å². The summed E-state index contributed by atoms with van der Waals surface area (Å²) >= 11 is 0. The van der Waals surface area contributed by atoms with Gasteiger partial charge in [-0.15, -0.1) is 0 Å². The lowest BCUT2D eigenvalue weighted by Crippen LogP contribution is -2.31. The maximum absolute atomic E-state index is 13.3. The maximum Gasteiger partial charge on any atom is 0.416 e. The van der Waals surface area contributed by atoms with Crippen LogP contribution in [-0.2, 0) is 16.2 Å². The lowest BCUT2D eigenvalue weighted by Gasteiger charge is -2.33. The minimum Gasteiger partial charge on any atom is -0.415 e. The molecule has 0 unspecified atom stereocenters. The summed E-state index contributed by atoms with van der Waals surface area (Å²) in [5.41, 5.74) is -0.903. The van der Waals surface area contributed by atoms with Gasteiger partial charge in [0.25, 0.3) is 0 Å². The summed E-state index contributed by atoms with van der Waals surface area (Å²) in [5.74, 6) is -0.127. The number of halogens is 3. The summed E-state index contributed by atoms with van der Waals surface area (Å²) in [7, 11) is -1.00. The van der Waals surface area contributed by atoms with Crippen LogP contribution in [0.5, 0.6) is 0 Å². The highest BCUT2D eigenvalue weighted by molar-refractivity contribution is 6.31. The van der Waals surface area contributed by atoms with Crippen molar-refractivity contribution in [2.45, 2.75) is 83.5 Å². The van der Waals surface area contributed by atoms with E-state index in [0.29, 0.717) is 11.1 Å². The predicted octanol–water partition coefficient (Wildman–Crippen LogP) is 6.02. The molecule has 0 saturated heterocycles. The third kappa shape index (κ3) is 5.91. The summed E-state index contributed by atoms with van der Waals surface area (Å²) in [6.45, 7) is 9.75. The molecule has 1 aromatic carbocycles. The summed E-state index contributed by atoms with van der Waals surface area (Å²) in [5, 5.41) is 0.00640. The molecule has 1 fully saturated rings. The molecule has 0 bridgehead atoms. The van der Waals surface area contributed by atoms with E-state index in [-0.39, 0.29) is 16.7 Å². The Labute approximate surface area is 162 Å². The van der Waals surface area contributed by atoms with Gasteiger partial charge in [0.15, 0.2) is 15.5 Å². The van der Waals surface area contributed by atoms with Crippen molar-refractivity contribution in [3.63, 3.8) is 0 Å². The summed E-state index contributed by atoms with van der Waals surface area (Å²) < 4.78 is 46.0. The Morgan fingerprint density at radius 1 is 1.04 bits per heavy atom. The van der Waals surface area contributed by atoms with E-state index >= 15 is 0 Å². The van der Waals surface area contributed by atoms with E-state index in [1.54, 1.807) is 13.8 Å². The van der Waals surface area contributed by atoms with Crippen molar-refractivity contribution in [3.05, 3.63) is 34.9 Å². The number of ketones is 1. The Balaban J connectivity index is 2.45. The monoisotopic (exact) mass is 400 g/mol. The highest BCUT2D eigenvalue weighted by atomic mass is 28.2. The van der Waals surface area contributed by atoms with Crippen molar-refractivity contribution in [1.29, 1.82) is 0 Å². The molecule has 152 valence electrons. The maximum atomic E-state index is 13.3. The quantitative estimate of drug-likeness (QED) is 0.446. The molecule has 0 N–H and O–H groups in total. The van der Waals surface area contributed by atoms with Crippen molar-refractivity contribution in [2.75, 3.05) is 0 Å². The van der Waals surface area contributed by atoms with E-state index in [9.17, 15) is 18.0 Å². The Morgan fingerprint density at radius 3 is 2.15 bits per heavy atom. The Hall–Kier alpha value is -1.14. The van der Waals surface area contributed by atoms with Crippen LogP contribution < -0.4 is 0 Å². The fourth-order valence-electron chi connectivity index (χ4n) is 3.49. The van der Waals surface area contributed by atoms with Crippen molar-refractivity contribution in [3.8, 4) is 0 Å². The Bertz CT molecular complexity index is 669. The second kappa shape index (κ2) is 8.07. The van der Waals surface area contributed by atoms with Gasteiger partial charge >= 0.3 is 6.18 Å². The highest BCUT2D eigenvalue weighted by Crippen LogP contribution is 2.38. The van der Waals surface area contributed by atoms with Crippen molar-refractivity contribution in [1.82, 2.24) is 0 Å². The zero-order valence-electron chi connectivity index (χ0n) is 17.0. The van der Waals surface area contributed by atoms with E-state index in [1.807, 2.05) is 0 Å². The molecule has 0 radical (unpaired) electrons. The lowest BCUT2D eigenvalue weighted by atomic mass is 9.80. The van der Waals surface area contributed by atoms with Crippen LogP contribution in [0.4, 0.5) is 13.2 Å². The molecule has 0 aliphatic heterocycles. The first kappa shape index (κ1) is 22.1. The number of rotatable bonds is 5. The van der Waals surface area contributed by atoms with E-state index in [0.717, 1.165) is 44.2 Å². The highest BCUT2D eigenvalue weighted by Gasteiger charge is 2.36. The average Bonchev–Trinajstić information content (AvgIpc) is 2.58. The third-order valence-electron chi connectivity index (χ3n) is 5.10. The molecule has 2 rings (SSSR count). The van der Waals surface area contributed by atoms with Crippen LogP contribution in [0, 0.1) is 5.92 Å². The summed E-state index contributed by atoms with van der Waals surface area (Å²) in [6.07, 6.45) is 0.315. The second-order valence-electron chi connectivity index (χ2n) is 9.32. The van der Waals surface area contributed by atoms with Gasteiger partial charge in [0, 0.05) is 11.5 Å². The molecule has 1 aliphatic rings. The normalized spacial score (nSPS) is 17.6. The summed E-state index contributed by atoms with van der Waals surface area (Å²) in [6, 6.07) is 3.50. The molecule has 27 heavy (non-hydrogen) atoms. The Kier molecular flexibility index (Phi) is 6.62. The number of hydrogen-bond donors (Lipinski definition) is 0. The zero-order valence-corrected chi connectivity index (χ0v) is 18.4. The smallest absolute Gasteiger partial charge is 0.415 e. The standard InChI is InChI=1S/C21H31F3O2Si/c1-19(2,3)27-26-20(4,5)17-13-15(21(22,23)24)11-12-16(17)18(25)14-9-7-6-8-10-14/h11-14H,6-10,27H2,1-5H3. The van der Waals surface area contributed by atoms with Gasteiger partial charge in [-0.3, -0.25) is 4.79 Å². The molecule has 1 saturated carbocycles. The number of hydrogen-bond acceptors (Lipinski definition) is 2.